The zero-order valence-corrected chi connectivity index (χ0v) is 15.5. The number of fused-ring (bicyclic) bond motifs is 1. The van der Waals surface area contributed by atoms with Gasteiger partial charge >= 0.3 is 0 Å². The lowest BCUT2D eigenvalue weighted by atomic mass is 10.1. The van der Waals surface area contributed by atoms with Crippen LogP contribution in [0.1, 0.15) is 33.0 Å². The molecule has 0 bridgehead atoms. The van der Waals surface area contributed by atoms with Crippen LogP contribution in [-0.4, -0.2) is 24.0 Å². The Balaban J connectivity index is 1.75. The first-order valence-corrected chi connectivity index (χ1v) is 9.91. The Bertz CT molecular complexity index is 900. The number of hydrogen-bond donors (Lipinski definition) is 0. The van der Waals surface area contributed by atoms with Crippen molar-refractivity contribution in [3.63, 3.8) is 0 Å². The third-order valence-corrected chi connectivity index (χ3v) is 6.45. The van der Waals surface area contributed by atoms with Gasteiger partial charge in [0.25, 0.3) is 5.91 Å². The van der Waals surface area contributed by atoms with E-state index in [2.05, 4.69) is 0 Å². The zero-order valence-electron chi connectivity index (χ0n) is 13.8. The number of carbonyl (C=O) groups excluding carboxylic acids is 1. The van der Waals surface area contributed by atoms with E-state index in [1.165, 1.54) is 22.3 Å². The van der Waals surface area contributed by atoms with Crippen LogP contribution in [0.25, 0.3) is 10.1 Å². The maximum atomic E-state index is 14.4. The van der Waals surface area contributed by atoms with Crippen LogP contribution >= 0.6 is 22.7 Å². The molecular weight excluding hydrogens is 357 g/mol. The standard InChI is InChI=1S/C19H18FNO2S2/c1-23-11-14-17-15(20)5-2-6-16(17)25-18(14)19(22)21(12-7-8-12)10-13-4-3-9-24-13/h2-6,9,12H,7-8,10-11H2,1H3. The van der Waals surface area contributed by atoms with Crippen LogP contribution in [0.4, 0.5) is 4.39 Å². The van der Waals surface area contributed by atoms with Gasteiger partial charge in [-0.25, -0.2) is 4.39 Å². The number of hydrogen-bond acceptors (Lipinski definition) is 4. The van der Waals surface area contributed by atoms with Gasteiger partial charge in [0.1, 0.15) is 5.82 Å². The molecule has 0 spiro atoms. The average Bonchev–Trinajstić information content (AvgIpc) is 3.18. The van der Waals surface area contributed by atoms with Gasteiger partial charge in [-0.2, -0.15) is 0 Å². The molecule has 6 heteroatoms. The second-order valence-electron chi connectivity index (χ2n) is 6.20. The number of ether oxygens (including phenoxy) is 1. The van der Waals surface area contributed by atoms with E-state index < -0.39 is 0 Å². The summed E-state index contributed by atoms with van der Waals surface area (Å²) in [7, 11) is 1.57. The fourth-order valence-electron chi connectivity index (χ4n) is 3.08. The lowest BCUT2D eigenvalue weighted by Crippen LogP contribution is -2.32. The summed E-state index contributed by atoms with van der Waals surface area (Å²) in [5, 5.41) is 2.54. The van der Waals surface area contributed by atoms with E-state index in [1.807, 2.05) is 28.5 Å². The Kier molecular flexibility index (Phi) is 4.58. The number of rotatable bonds is 6. The second-order valence-corrected chi connectivity index (χ2v) is 8.28. The molecule has 2 aromatic heterocycles. The second kappa shape index (κ2) is 6.86. The first-order valence-electron chi connectivity index (χ1n) is 8.21. The van der Waals surface area contributed by atoms with Gasteiger partial charge in [-0.05, 0) is 36.4 Å². The van der Waals surface area contributed by atoms with Crippen LogP contribution in [0.5, 0.6) is 0 Å². The van der Waals surface area contributed by atoms with Gasteiger partial charge in [-0.1, -0.05) is 12.1 Å². The van der Waals surface area contributed by atoms with Crippen LogP contribution < -0.4 is 0 Å². The largest absolute Gasteiger partial charge is 0.380 e. The number of benzene rings is 1. The summed E-state index contributed by atoms with van der Waals surface area (Å²) in [5.74, 6) is -0.306. The molecule has 1 fully saturated rings. The molecule has 1 aromatic carbocycles. The fourth-order valence-corrected chi connectivity index (χ4v) is 4.96. The van der Waals surface area contributed by atoms with Crippen molar-refractivity contribution in [2.24, 2.45) is 0 Å². The van der Waals surface area contributed by atoms with E-state index in [9.17, 15) is 9.18 Å². The maximum absolute atomic E-state index is 14.4. The number of thiophene rings is 2. The Morgan fingerprint density at radius 1 is 1.32 bits per heavy atom. The quantitative estimate of drug-likeness (QED) is 0.603. The molecule has 1 aliphatic carbocycles. The van der Waals surface area contributed by atoms with E-state index in [1.54, 1.807) is 24.5 Å². The van der Waals surface area contributed by atoms with E-state index in [-0.39, 0.29) is 18.3 Å². The normalized spacial score (nSPS) is 14.2. The molecule has 0 unspecified atom stereocenters. The highest BCUT2D eigenvalue weighted by Gasteiger charge is 2.35. The monoisotopic (exact) mass is 375 g/mol. The van der Waals surface area contributed by atoms with Crippen molar-refractivity contribution in [1.29, 1.82) is 0 Å². The summed E-state index contributed by atoms with van der Waals surface area (Å²) >= 11 is 3.02. The molecular formula is C19H18FNO2S2. The molecule has 3 nitrogen and oxygen atoms in total. The van der Waals surface area contributed by atoms with Crippen molar-refractivity contribution >= 4 is 38.7 Å². The SMILES string of the molecule is COCc1c(C(=O)N(Cc2cccs2)C2CC2)sc2cccc(F)c12. The van der Waals surface area contributed by atoms with Crippen LogP contribution in [0.2, 0.25) is 0 Å². The molecule has 0 aliphatic heterocycles. The van der Waals surface area contributed by atoms with Gasteiger partial charge in [0.15, 0.2) is 0 Å². The van der Waals surface area contributed by atoms with Gasteiger partial charge in [0, 0.05) is 33.7 Å². The Hall–Kier alpha value is -1.76. The van der Waals surface area contributed by atoms with Crippen LogP contribution in [0, 0.1) is 5.82 Å². The minimum Gasteiger partial charge on any atom is -0.380 e. The lowest BCUT2D eigenvalue weighted by molar-refractivity contribution is 0.0732. The molecule has 25 heavy (non-hydrogen) atoms. The molecule has 0 radical (unpaired) electrons. The number of carbonyl (C=O) groups is 1. The third kappa shape index (κ3) is 3.21. The predicted molar refractivity (Wildman–Crippen MR) is 99.7 cm³/mol. The van der Waals surface area contributed by atoms with Gasteiger partial charge in [0.05, 0.1) is 18.0 Å². The van der Waals surface area contributed by atoms with Crippen molar-refractivity contribution in [3.05, 3.63) is 56.8 Å². The molecule has 3 aromatic rings. The number of methoxy groups -OCH3 is 1. The van der Waals surface area contributed by atoms with Crippen molar-refractivity contribution in [3.8, 4) is 0 Å². The lowest BCUT2D eigenvalue weighted by Gasteiger charge is -2.21. The number of halogens is 1. The first-order chi connectivity index (χ1) is 12.2. The van der Waals surface area contributed by atoms with Crippen LogP contribution in [-0.2, 0) is 17.9 Å². The molecule has 0 saturated heterocycles. The van der Waals surface area contributed by atoms with Crippen molar-refractivity contribution in [2.75, 3.05) is 7.11 Å². The third-order valence-electron chi connectivity index (χ3n) is 4.40. The summed E-state index contributed by atoms with van der Waals surface area (Å²) in [6.07, 6.45) is 2.08. The molecule has 2 heterocycles. The minimum absolute atomic E-state index is 0.0106. The van der Waals surface area contributed by atoms with Gasteiger partial charge in [-0.3, -0.25) is 4.79 Å². The number of amides is 1. The Morgan fingerprint density at radius 3 is 2.84 bits per heavy atom. The van der Waals surface area contributed by atoms with Gasteiger partial charge in [-0.15, -0.1) is 22.7 Å². The Morgan fingerprint density at radius 2 is 2.16 bits per heavy atom. The Labute approximate surface area is 153 Å². The van der Waals surface area contributed by atoms with E-state index in [0.717, 1.165) is 17.5 Å². The van der Waals surface area contributed by atoms with Gasteiger partial charge in [0.2, 0.25) is 0 Å². The molecule has 130 valence electrons. The highest BCUT2D eigenvalue weighted by Crippen LogP contribution is 2.37. The molecule has 1 amide bonds. The molecule has 1 aliphatic rings. The first kappa shape index (κ1) is 16.7. The zero-order chi connectivity index (χ0) is 17.4. The molecule has 0 atom stereocenters. The van der Waals surface area contributed by atoms with E-state index in [4.69, 9.17) is 4.74 Å². The van der Waals surface area contributed by atoms with Crippen molar-refractivity contribution in [1.82, 2.24) is 4.90 Å². The highest BCUT2D eigenvalue weighted by atomic mass is 32.1. The van der Waals surface area contributed by atoms with E-state index in [0.29, 0.717) is 28.4 Å². The van der Waals surface area contributed by atoms with E-state index >= 15 is 0 Å². The van der Waals surface area contributed by atoms with Gasteiger partial charge < -0.3 is 9.64 Å². The van der Waals surface area contributed by atoms with Crippen LogP contribution in [0.15, 0.2) is 35.7 Å². The van der Waals surface area contributed by atoms with Crippen LogP contribution in [0.3, 0.4) is 0 Å². The average molecular weight is 375 g/mol. The summed E-state index contributed by atoms with van der Waals surface area (Å²) in [4.78, 5) is 17.0. The predicted octanol–water partition coefficient (Wildman–Crippen LogP) is 5.05. The smallest absolute Gasteiger partial charge is 0.264 e. The summed E-state index contributed by atoms with van der Waals surface area (Å²) < 4.78 is 20.4. The summed E-state index contributed by atoms with van der Waals surface area (Å²) in [5.41, 5.74) is 0.669. The van der Waals surface area contributed by atoms with Crippen molar-refractivity contribution < 1.29 is 13.9 Å². The minimum atomic E-state index is -0.295. The highest BCUT2D eigenvalue weighted by molar-refractivity contribution is 7.21. The summed E-state index contributed by atoms with van der Waals surface area (Å²) in [6.45, 7) is 0.851. The fraction of sp³-hybridized carbons (Fsp3) is 0.316. The molecule has 0 N–H and O–H groups in total. The topological polar surface area (TPSA) is 29.5 Å². The summed E-state index contributed by atoms with van der Waals surface area (Å²) in [6, 6.07) is 9.32. The molecule has 4 rings (SSSR count). The maximum Gasteiger partial charge on any atom is 0.264 e. The number of nitrogens with zero attached hydrogens (tertiary/aromatic N) is 1. The molecule has 1 saturated carbocycles. The van der Waals surface area contributed by atoms with Crippen molar-refractivity contribution in [2.45, 2.75) is 32.0 Å².